The molecular formula is C14H19N3O2S2. The largest absolute Gasteiger partial charge is 0.388 e. The number of rotatable bonds is 3. The van der Waals surface area contributed by atoms with Gasteiger partial charge in [-0.1, -0.05) is 18.6 Å². The molecule has 0 radical (unpaired) electrons. The van der Waals surface area contributed by atoms with E-state index in [4.69, 9.17) is 18.0 Å². The van der Waals surface area contributed by atoms with Gasteiger partial charge in [0, 0.05) is 18.8 Å². The molecule has 7 heteroatoms. The van der Waals surface area contributed by atoms with Crippen molar-refractivity contribution in [1.82, 2.24) is 9.29 Å². The summed E-state index contributed by atoms with van der Waals surface area (Å²) in [7, 11) is -3.59. The van der Waals surface area contributed by atoms with Gasteiger partial charge in [0.05, 0.1) is 0 Å². The van der Waals surface area contributed by atoms with Crippen LogP contribution in [0.3, 0.4) is 0 Å². The second-order valence-electron chi connectivity index (χ2n) is 5.73. The molecule has 2 heterocycles. The molecule has 21 heavy (non-hydrogen) atoms. The van der Waals surface area contributed by atoms with E-state index in [0.29, 0.717) is 12.5 Å². The van der Waals surface area contributed by atoms with Crippen molar-refractivity contribution in [2.75, 3.05) is 6.54 Å². The van der Waals surface area contributed by atoms with Crippen molar-refractivity contribution in [2.45, 2.75) is 43.0 Å². The average Bonchev–Trinajstić information content (AvgIpc) is 2.95. The minimum Gasteiger partial charge on any atom is -0.388 e. The van der Waals surface area contributed by atoms with Crippen LogP contribution in [-0.4, -0.2) is 35.3 Å². The molecular weight excluding hydrogens is 306 g/mol. The third-order valence-corrected chi connectivity index (χ3v) is 6.68. The average molecular weight is 325 g/mol. The lowest BCUT2D eigenvalue weighted by molar-refractivity contribution is 0.202. The predicted octanol–water partition coefficient (Wildman–Crippen LogP) is 1.67. The van der Waals surface area contributed by atoms with Crippen molar-refractivity contribution >= 4 is 27.2 Å². The maximum absolute atomic E-state index is 13.0. The highest BCUT2D eigenvalue weighted by atomic mass is 32.2. The molecule has 114 valence electrons. The lowest BCUT2D eigenvalue weighted by atomic mass is 9.94. The van der Waals surface area contributed by atoms with Crippen LogP contribution in [0.15, 0.2) is 23.2 Å². The van der Waals surface area contributed by atoms with Gasteiger partial charge in [-0.25, -0.2) is 8.42 Å². The number of hydrogen-bond acceptors (Lipinski definition) is 4. The number of pyridine rings is 1. The Hall–Kier alpha value is -1.05. The van der Waals surface area contributed by atoms with Crippen molar-refractivity contribution in [2.24, 2.45) is 11.7 Å². The number of hydrogen-bond donors (Lipinski definition) is 1. The minimum atomic E-state index is -3.59. The highest BCUT2D eigenvalue weighted by Gasteiger charge is 2.42. The van der Waals surface area contributed by atoms with Gasteiger partial charge < -0.3 is 5.73 Å². The van der Waals surface area contributed by atoms with Gasteiger partial charge in [0.25, 0.3) is 0 Å². The van der Waals surface area contributed by atoms with Gasteiger partial charge in [-0.05, 0) is 43.7 Å². The Morgan fingerprint density at radius 2 is 2.10 bits per heavy atom. The summed E-state index contributed by atoms with van der Waals surface area (Å²) in [5.74, 6) is 0.499. The summed E-state index contributed by atoms with van der Waals surface area (Å²) in [6.07, 6.45) is 6.76. The highest BCUT2D eigenvalue weighted by Crippen LogP contribution is 2.39. The molecule has 2 N–H and O–H groups in total. The lowest BCUT2D eigenvalue weighted by Crippen LogP contribution is -2.46. The van der Waals surface area contributed by atoms with Crippen LogP contribution in [0.25, 0.3) is 0 Å². The van der Waals surface area contributed by atoms with E-state index < -0.39 is 10.0 Å². The Kier molecular flexibility index (Phi) is 3.98. The van der Waals surface area contributed by atoms with Crippen molar-refractivity contribution in [3.05, 3.63) is 24.0 Å². The molecule has 1 saturated carbocycles. The van der Waals surface area contributed by atoms with E-state index in [1.165, 1.54) is 6.20 Å². The van der Waals surface area contributed by atoms with Crippen LogP contribution in [0.4, 0.5) is 0 Å². The van der Waals surface area contributed by atoms with Gasteiger partial charge in [-0.15, -0.1) is 0 Å². The summed E-state index contributed by atoms with van der Waals surface area (Å²) in [5.41, 5.74) is 5.84. The molecule has 3 rings (SSSR count). The fourth-order valence-electron chi connectivity index (χ4n) is 3.62. The maximum atomic E-state index is 13.0. The van der Waals surface area contributed by atoms with Gasteiger partial charge in [0.15, 0.2) is 0 Å². The molecule has 2 aliphatic rings. The minimum absolute atomic E-state index is 0.0224. The van der Waals surface area contributed by atoms with E-state index in [0.717, 1.165) is 32.1 Å². The Bertz CT molecular complexity index is 660. The van der Waals surface area contributed by atoms with Crippen molar-refractivity contribution < 1.29 is 8.42 Å². The van der Waals surface area contributed by atoms with Gasteiger partial charge >= 0.3 is 0 Å². The van der Waals surface area contributed by atoms with Gasteiger partial charge in [0.2, 0.25) is 10.0 Å². The van der Waals surface area contributed by atoms with Crippen LogP contribution in [0, 0.1) is 5.92 Å². The Balaban J connectivity index is 2.02. The first-order valence-corrected chi connectivity index (χ1v) is 9.13. The first-order valence-electron chi connectivity index (χ1n) is 7.28. The normalized spacial score (nSPS) is 26.5. The van der Waals surface area contributed by atoms with Crippen LogP contribution in [0.5, 0.6) is 0 Å². The molecule has 2 fully saturated rings. The lowest BCUT2D eigenvalue weighted by Gasteiger charge is -2.36. The van der Waals surface area contributed by atoms with Crippen molar-refractivity contribution in [3.8, 4) is 0 Å². The van der Waals surface area contributed by atoms with Gasteiger partial charge in [-0.2, -0.15) is 4.31 Å². The number of fused-ring (bicyclic) bond motifs is 1. The fourth-order valence-corrected chi connectivity index (χ4v) is 5.76. The van der Waals surface area contributed by atoms with Crippen LogP contribution in [0.1, 0.15) is 37.8 Å². The Morgan fingerprint density at radius 3 is 2.86 bits per heavy atom. The van der Waals surface area contributed by atoms with E-state index in [-0.39, 0.29) is 21.6 Å². The molecule has 0 spiro atoms. The molecule has 1 aromatic rings. The number of thiocarbonyl (C=S) groups is 1. The highest BCUT2D eigenvalue weighted by molar-refractivity contribution is 7.89. The summed E-state index contributed by atoms with van der Waals surface area (Å²) >= 11 is 4.95. The van der Waals surface area contributed by atoms with E-state index in [1.807, 2.05) is 0 Å². The molecule has 1 aliphatic carbocycles. The molecule has 1 saturated heterocycles. The monoisotopic (exact) mass is 325 g/mol. The number of nitrogens with zero attached hydrogens (tertiary/aromatic N) is 2. The summed E-state index contributed by atoms with van der Waals surface area (Å²) in [6.45, 7) is 0.579. The van der Waals surface area contributed by atoms with E-state index in [9.17, 15) is 8.42 Å². The zero-order valence-electron chi connectivity index (χ0n) is 11.7. The zero-order chi connectivity index (χ0) is 15.0. The van der Waals surface area contributed by atoms with Crippen molar-refractivity contribution in [3.63, 3.8) is 0 Å². The smallest absolute Gasteiger partial charge is 0.245 e. The van der Waals surface area contributed by atoms with Gasteiger partial charge in [-0.3, -0.25) is 4.98 Å². The third-order valence-electron chi connectivity index (χ3n) is 4.53. The Morgan fingerprint density at radius 1 is 1.33 bits per heavy atom. The summed E-state index contributed by atoms with van der Waals surface area (Å²) in [4.78, 5) is 4.22. The van der Waals surface area contributed by atoms with Crippen LogP contribution in [0.2, 0.25) is 0 Å². The molecule has 0 amide bonds. The molecule has 2 atom stereocenters. The number of sulfonamides is 1. The number of aromatic nitrogens is 1. The molecule has 0 bridgehead atoms. The molecule has 1 aliphatic heterocycles. The second kappa shape index (κ2) is 5.62. The van der Waals surface area contributed by atoms with Crippen LogP contribution < -0.4 is 5.73 Å². The SMILES string of the molecule is NC(=S)c1ncccc1S(=O)(=O)N1CCCC2CCCC21. The van der Waals surface area contributed by atoms with E-state index in [1.54, 1.807) is 16.4 Å². The van der Waals surface area contributed by atoms with Crippen molar-refractivity contribution in [1.29, 1.82) is 0 Å². The number of nitrogens with two attached hydrogens (primary N) is 1. The summed E-state index contributed by atoms with van der Waals surface area (Å²) in [6, 6.07) is 3.29. The van der Waals surface area contributed by atoms with Crippen LogP contribution >= 0.6 is 12.2 Å². The second-order valence-corrected chi connectivity index (χ2v) is 8.03. The van der Waals surface area contributed by atoms with Gasteiger partial charge in [0.1, 0.15) is 15.6 Å². The first-order chi connectivity index (χ1) is 10.0. The van der Waals surface area contributed by atoms with E-state index >= 15 is 0 Å². The predicted molar refractivity (Wildman–Crippen MR) is 84.4 cm³/mol. The number of piperidine rings is 1. The summed E-state index contributed by atoms with van der Waals surface area (Å²) < 4.78 is 27.7. The quantitative estimate of drug-likeness (QED) is 0.856. The molecule has 5 nitrogen and oxygen atoms in total. The summed E-state index contributed by atoms with van der Waals surface area (Å²) in [5, 5.41) is 0. The topological polar surface area (TPSA) is 76.3 Å². The standard InChI is InChI=1S/C14H19N3O2S2/c15-14(20)13-12(7-2-8-16-13)21(18,19)17-9-3-5-10-4-1-6-11(10)17/h2,7-8,10-11H,1,3-6,9H2,(H2,15,20). The molecule has 2 unspecified atom stereocenters. The maximum Gasteiger partial charge on any atom is 0.245 e. The first kappa shape index (κ1) is 14.9. The van der Waals surface area contributed by atoms with E-state index in [2.05, 4.69) is 4.98 Å². The zero-order valence-corrected chi connectivity index (χ0v) is 13.4. The van der Waals surface area contributed by atoms with Crippen LogP contribution in [-0.2, 0) is 10.0 Å². The molecule has 0 aromatic carbocycles. The third kappa shape index (κ3) is 2.58. The fraction of sp³-hybridized carbons (Fsp3) is 0.571. The Labute approximate surface area is 130 Å². The molecule has 1 aromatic heterocycles.